The first kappa shape index (κ1) is 8.69. The van der Waals surface area contributed by atoms with E-state index < -0.39 is 0 Å². The molecule has 13 heavy (non-hydrogen) atoms. The molecule has 4 heteroatoms. The van der Waals surface area contributed by atoms with Crippen molar-refractivity contribution in [1.29, 1.82) is 0 Å². The molecule has 0 radical (unpaired) electrons. The lowest BCUT2D eigenvalue weighted by atomic mass is 10.1. The summed E-state index contributed by atoms with van der Waals surface area (Å²) in [5.74, 6) is 2.40. The Kier molecular flexibility index (Phi) is 2.07. The number of aryl methyl sites for hydroxylation is 1. The number of aromatic nitrogens is 3. The number of aliphatic hydroxyl groups excluding tert-OH is 1. The van der Waals surface area contributed by atoms with Gasteiger partial charge in [0.15, 0.2) is 0 Å². The van der Waals surface area contributed by atoms with Crippen molar-refractivity contribution in [3.63, 3.8) is 0 Å². The lowest BCUT2D eigenvalue weighted by molar-refractivity contribution is 0.128. The SMILES string of the molecule is CC(C)c1nnc2n1CC(O)CC2. The molecule has 0 fully saturated rings. The van der Waals surface area contributed by atoms with E-state index in [4.69, 9.17) is 0 Å². The number of fused-ring (bicyclic) bond motifs is 1. The largest absolute Gasteiger partial charge is 0.391 e. The van der Waals surface area contributed by atoms with Crippen LogP contribution in [0.3, 0.4) is 0 Å². The number of hydrogen-bond acceptors (Lipinski definition) is 3. The third kappa shape index (κ3) is 1.46. The Hall–Kier alpha value is -0.900. The standard InChI is InChI=1S/C9H15N3O/c1-6(2)9-11-10-8-4-3-7(13)5-12(8)9/h6-7,13H,3-5H2,1-2H3. The molecular weight excluding hydrogens is 166 g/mol. The number of hydrogen-bond donors (Lipinski definition) is 1. The van der Waals surface area contributed by atoms with Crippen LogP contribution in [0.25, 0.3) is 0 Å². The monoisotopic (exact) mass is 181 g/mol. The average Bonchev–Trinajstić information content (AvgIpc) is 2.46. The molecule has 1 aromatic heterocycles. The summed E-state index contributed by atoms with van der Waals surface area (Å²) in [5.41, 5.74) is 0. The molecule has 1 atom stereocenters. The van der Waals surface area contributed by atoms with Crippen LogP contribution in [0, 0.1) is 0 Å². The minimum absolute atomic E-state index is 0.221. The molecular formula is C9H15N3O. The highest BCUT2D eigenvalue weighted by molar-refractivity contribution is 5.03. The number of nitrogens with zero attached hydrogens (tertiary/aromatic N) is 3. The minimum atomic E-state index is -0.221. The summed E-state index contributed by atoms with van der Waals surface area (Å²) in [4.78, 5) is 0. The first-order chi connectivity index (χ1) is 6.18. The van der Waals surface area contributed by atoms with E-state index in [1.807, 2.05) is 0 Å². The predicted octanol–water partition coefficient (Wildman–Crippen LogP) is 0.709. The van der Waals surface area contributed by atoms with Crippen molar-refractivity contribution in [2.24, 2.45) is 0 Å². The Morgan fingerprint density at radius 2 is 2.23 bits per heavy atom. The highest BCUT2D eigenvalue weighted by Crippen LogP contribution is 2.19. The zero-order chi connectivity index (χ0) is 9.42. The minimum Gasteiger partial charge on any atom is -0.391 e. The van der Waals surface area contributed by atoms with Crippen molar-refractivity contribution in [3.05, 3.63) is 11.6 Å². The van der Waals surface area contributed by atoms with Gasteiger partial charge in [-0.05, 0) is 6.42 Å². The van der Waals surface area contributed by atoms with Crippen LogP contribution in [-0.2, 0) is 13.0 Å². The van der Waals surface area contributed by atoms with Crippen LogP contribution in [0.4, 0.5) is 0 Å². The smallest absolute Gasteiger partial charge is 0.135 e. The van der Waals surface area contributed by atoms with Gasteiger partial charge in [-0.2, -0.15) is 0 Å². The van der Waals surface area contributed by atoms with Gasteiger partial charge >= 0.3 is 0 Å². The van der Waals surface area contributed by atoms with Crippen molar-refractivity contribution in [1.82, 2.24) is 14.8 Å². The van der Waals surface area contributed by atoms with E-state index in [1.165, 1.54) is 0 Å². The lowest BCUT2D eigenvalue weighted by Crippen LogP contribution is -2.25. The summed E-state index contributed by atoms with van der Waals surface area (Å²) in [7, 11) is 0. The summed E-state index contributed by atoms with van der Waals surface area (Å²) in [5, 5.41) is 17.8. The highest BCUT2D eigenvalue weighted by atomic mass is 16.3. The Morgan fingerprint density at radius 3 is 2.92 bits per heavy atom. The van der Waals surface area contributed by atoms with Crippen LogP contribution in [0.2, 0.25) is 0 Å². The van der Waals surface area contributed by atoms with Gasteiger partial charge in [-0.25, -0.2) is 0 Å². The lowest BCUT2D eigenvalue weighted by Gasteiger charge is -2.20. The van der Waals surface area contributed by atoms with Gasteiger partial charge in [-0.1, -0.05) is 13.8 Å². The van der Waals surface area contributed by atoms with Crippen LogP contribution in [-0.4, -0.2) is 26.0 Å². The van der Waals surface area contributed by atoms with Crippen molar-refractivity contribution < 1.29 is 5.11 Å². The molecule has 1 aliphatic rings. The normalized spacial score (nSPS) is 22.0. The van der Waals surface area contributed by atoms with Crippen LogP contribution >= 0.6 is 0 Å². The van der Waals surface area contributed by atoms with Gasteiger partial charge in [0.25, 0.3) is 0 Å². The molecule has 1 aromatic rings. The number of rotatable bonds is 1. The topological polar surface area (TPSA) is 50.9 Å². The summed E-state index contributed by atoms with van der Waals surface area (Å²) in [6.45, 7) is 4.85. The summed E-state index contributed by atoms with van der Waals surface area (Å²) < 4.78 is 2.05. The Labute approximate surface area is 77.6 Å². The fourth-order valence-electron chi connectivity index (χ4n) is 1.76. The predicted molar refractivity (Wildman–Crippen MR) is 48.4 cm³/mol. The molecule has 0 bridgehead atoms. The highest BCUT2D eigenvalue weighted by Gasteiger charge is 2.22. The maximum absolute atomic E-state index is 9.50. The van der Waals surface area contributed by atoms with E-state index >= 15 is 0 Å². The molecule has 0 aliphatic carbocycles. The van der Waals surface area contributed by atoms with E-state index in [-0.39, 0.29) is 6.10 Å². The molecule has 1 N–H and O–H groups in total. The molecule has 1 unspecified atom stereocenters. The molecule has 2 rings (SSSR count). The summed E-state index contributed by atoms with van der Waals surface area (Å²) in [6.07, 6.45) is 1.44. The molecule has 2 heterocycles. The van der Waals surface area contributed by atoms with E-state index in [0.29, 0.717) is 12.5 Å². The van der Waals surface area contributed by atoms with Gasteiger partial charge in [0, 0.05) is 12.3 Å². The second-order valence-electron chi connectivity index (χ2n) is 3.93. The van der Waals surface area contributed by atoms with Crippen LogP contribution in [0.15, 0.2) is 0 Å². The quantitative estimate of drug-likeness (QED) is 0.694. The molecule has 1 aliphatic heterocycles. The van der Waals surface area contributed by atoms with E-state index in [2.05, 4.69) is 28.6 Å². The maximum Gasteiger partial charge on any atom is 0.135 e. The Bertz CT molecular complexity index is 306. The third-order valence-electron chi connectivity index (χ3n) is 2.47. The van der Waals surface area contributed by atoms with Crippen LogP contribution in [0.1, 0.15) is 37.8 Å². The van der Waals surface area contributed by atoms with E-state index in [0.717, 1.165) is 24.5 Å². The maximum atomic E-state index is 9.50. The zero-order valence-corrected chi connectivity index (χ0v) is 8.06. The first-order valence-corrected chi connectivity index (χ1v) is 4.78. The van der Waals surface area contributed by atoms with Crippen molar-refractivity contribution in [3.8, 4) is 0 Å². The second kappa shape index (κ2) is 3.10. The average molecular weight is 181 g/mol. The molecule has 0 saturated carbocycles. The molecule has 4 nitrogen and oxygen atoms in total. The number of aliphatic hydroxyl groups is 1. The Balaban J connectivity index is 2.35. The van der Waals surface area contributed by atoms with E-state index in [1.54, 1.807) is 0 Å². The summed E-state index contributed by atoms with van der Waals surface area (Å²) >= 11 is 0. The van der Waals surface area contributed by atoms with E-state index in [9.17, 15) is 5.11 Å². The summed E-state index contributed by atoms with van der Waals surface area (Å²) in [6, 6.07) is 0. The van der Waals surface area contributed by atoms with Gasteiger partial charge in [-0.15, -0.1) is 10.2 Å². The zero-order valence-electron chi connectivity index (χ0n) is 8.06. The van der Waals surface area contributed by atoms with Crippen molar-refractivity contribution >= 4 is 0 Å². The molecule has 0 spiro atoms. The van der Waals surface area contributed by atoms with Crippen LogP contribution < -0.4 is 0 Å². The molecule has 0 saturated heterocycles. The second-order valence-corrected chi connectivity index (χ2v) is 3.93. The van der Waals surface area contributed by atoms with Gasteiger partial charge < -0.3 is 9.67 Å². The van der Waals surface area contributed by atoms with Crippen molar-refractivity contribution in [2.75, 3.05) is 0 Å². The van der Waals surface area contributed by atoms with Crippen LogP contribution in [0.5, 0.6) is 0 Å². The molecule has 0 aromatic carbocycles. The molecule has 72 valence electrons. The van der Waals surface area contributed by atoms with Gasteiger partial charge in [0.2, 0.25) is 0 Å². The third-order valence-corrected chi connectivity index (χ3v) is 2.47. The first-order valence-electron chi connectivity index (χ1n) is 4.78. The fourth-order valence-corrected chi connectivity index (χ4v) is 1.76. The fraction of sp³-hybridized carbons (Fsp3) is 0.778. The van der Waals surface area contributed by atoms with Crippen molar-refractivity contribution in [2.45, 2.75) is 45.3 Å². The Morgan fingerprint density at radius 1 is 1.46 bits per heavy atom. The van der Waals surface area contributed by atoms with Gasteiger partial charge in [0.05, 0.1) is 12.6 Å². The molecule has 0 amide bonds. The van der Waals surface area contributed by atoms with Gasteiger partial charge in [0.1, 0.15) is 11.6 Å². The van der Waals surface area contributed by atoms with Gasteiger partial charge in [-0.3, -0.25) is 0 Å².